The van der Waals surface area contributed by atoms with Gasteiger partial charge in [0.05, 0.1) is 60.7 Å². The van der Waals surface area contributed by atoms with Crippen LogP contribution in [0, 0.1) is 5.82 Å². The molecule has 5 aromatic carbocycles. The highest BCUT2D eigenvalue weighted by atomic mass is 16.2. The molecule has 1 aliphatic heterocycles. The van der Waals surface area contributed by atoms with E-state index in [2.05, 4.69) is 60.9 Å². The molecule has 6 heterocycles. The number of nitrogens with zero attached hydrogens (tertiary/aromatic N) is 8. The topological polar surface area (TPSA) is 79.4 Å². The molecular weight excluding hydrogens is 608 g/mol. The van der Waals surface area contributed by atoms with Gasteiger partial charge in [0.2, 0.25) is 11.6 Å². The molecule has 10 aromatic rings. The molecular formula is C40H24N8O. The summed E-state index contributed by atoms with van der Waals surface area (Å²) in [5.41, 5.74) is 10.3. The average molecular weight is 633 g/mol. The summed E-state index contributed by atoms with van der Waals surface area (Å²) >= 11 is 0. The second-order valence-corrected chi connectivity index (χ2v) is 12.2. The van der Waals surface area contributed by atoms with Crippen molar-refractivity contribution in [3.63, 3.8) is 0 Å². The monoisotopic (exact) mass is 632 g/mol. The zero-order chi connectivity index (χ0) is 32.4. The second-order valence-electron chi connectivity index (χ2n) is 12.2. The van der Waals surface area contributed by atoms with E-state index in [4.69, 9.17) is 15.0 Å². The van der Waals surface area contributed by atoms with E-state index in [0.29, 0.717) is 22.8 Å². The molecule has 9 heteroatoms. The Morgan fingerprint density at radius 1 is 0.510 bits per heavy atom. The Morgan fingerprint density at radius 3 is 1.45 bits per heavy atom. The Balaban J connectivity index is 1.33. The summed E-state index contributed by atoms with van der Waals surface area (Å²) in [5, 5.41) is 0. The fraction of sp³-hybridized carbons (Fsp3) is 0. The van der Waals surface area contributed by atoms with Gasteiger partial charge in [-0.25, -0.2) is 15.0 Å². The van der Waals surface area contributed by atoms with E-state index < -0.39 is 0 Å². The lowest BCUT2D eigenvalue weighted by Gasteiger charge is -2.14. The quantitative estimate of drug-likeness (QED) is 0.197. The molecule has 0 radical (unpaired) electrons. The zero-order valence-electron chi connectivity index (χ0n) is 25.9. The Hall–Kier alpha value is -7.00. The van der Waals surface area contributed by atoms with Crippen LogP contribution < -0.4 is 0 Å². The summed E-state index contributed by atoms with van der Waals surface area (Å²) in [6, 6.07) is 40.5. The van der Waals surface area contributed by atoms with Crippen LogP contribution in [0.5, 0.6) is 0 Å². The molecule has 11 rings (SSSR count). The highest BCUT2D eigenvalue weighted by molar-refractivity contribution is 6.15. The second kappa shape index (κ2) is 9.30. The maximum absolute atomic E-state index is 14.6. The molecule has 5 aromatic heterocycles. The van der Waals surface area contributed by atoms with E-state index in [1.165, 1.54) is 0 Å². The van der Waals surface area contributed by atoms with Gasteiger partial charge in [-0.05, 0) is 66.7 Å². The lowest BCUT2D eigenvalue weighted by atomic mass is 10.1. The minimum absolute atomic E-state index is 0.168. The first-order valence-electron chi connectivity index (χ1n) is 16.1. The van der Waals surface area contributed by atoms with Gasteiger partial charge in [-0.1, -0.05) is 73.3 Å². The number of hydrogen-bond acceptors (Lipinski definition) is 4. The number of carbonyl (C=O) groups is 1. The van der Waals surface area contributed by atoms with Crippen LogP contribution in [-0.2, 0) is 0 Å². The number of para-hydroxylation sites is 10. The summed E-state index contributed by atoms with van der Waals surface area (Å²) in [4.78, 5) is 29.8. The number of imidazole rings is 5. The fourth-order valence-corrected chi connectivity index (χ4v) is 7.62. The van der Waals surface area contributed by atoms with Gasteiger partial charge in [-0.15, -0.1) is 0 Å². The number of rotatable bonds is 4. The van der Waals surface area contributed by atoms with Crippen molar-refractivity contribution in [2.45, 2.75) is 0 Å². The Bertz CT molecular complexity index is 3000. The van der Waals surface area contributed by atoms with Gasteiger partial charge in [0.1, 0.15) is 11.6 Å². The fourth-order valence-electron chi connectivity index (χ4n) is 7.62. The predicted molar refractivity (Wildman–Crippen MR) is 192 cm³/mol. The van der Waals surface area contributed by atoms with Crippen molar-refractivity contribution in [3.8, 4) is 0 Å². The third-order valence-electron chi connectivity index (χ3n) is 9.67. The van der Waals surface area contributed by atoms with Crippen LogP contribution >= 0.6 is 0 Å². The highest BCUT2D eigenvalue weighted by Crippen LogP contribution is 2.37. The first-order chi connectivity index (χ1) is 24.2. The minimum Gasteiger partial charge on any atom is -0.276 e. The summed E-state index contributed by atoms with van der Waals surface area (Å²) < 4.78 is 10.3. The zero-order valence-corrected chi connectivity index (χ0v) is 25.9. The third-order valence-corrected chi connectivity index (χ3v) is 9.67. The normalized spacial score (nSPS) is 13.3. The molecule has 0 saturated heterocycles. The van der Waals surface area contributed by atoms with Crippen molar-refractivity contribution in [2.75, 3.05) is 0 Å². The van der Waals surface area contributed by atoms with Gasteiger partial charge in [0, 0.05) is 5.57 Å². The third kappa shape index (κ3) is 3.27. The smallest absolute Gasteiger partial charge is 0.264 e. The predicted octanol–water partition coefficient (Wildman–Crippen LogP) is 8.01. The summed E-state index contributed by atoms with van der Waals surface area (Å²) in [6.45, 7) is 4.15. The summed E-state index contributed by atoms with van der Waals surface area (Å²) in [7, 11) is 0. The number of aromatic nitrogens is 8. The maximum Gasteiger partial charge on any atom is 0.264 e. The summed E-state index contributed by atoms with van der Waals surface area (Å²) in [6.07, 6.45) is 3.69. The number of carbonyl (C=O) groups excluding carboxylic acids is 1. The molecule has 0 unspecified atom stereocenters. The van der Waals surface area contributed by atoms with Crippen molar-refractivity contribution in [3.05, 3.63) is 157 Å². The average Bonchev–Trinajstić information content (AvgIpc) is 3.96. The van der Waals surface area contributed by atoms with Crippen LogP contribution in [0.15, 0.2) is 146 Å². The molecule has 1 aliphatic rings. The SMILES string of the molecule is C=CC1=C(C=C(n2c3ccccc3n3c4ccccc4nc23)n2c3ccccc3n3c4ccccc4nc23)C(=O)n2c1nc1ccccc12. The molecule has 0 aliphatic carbocycles. The Morgan fingerprint density at radius 2 is 0.939 bits per heavy atom. The number of hydrogen-bond donors (Lipinski definition) is 0. The van der Waals surface area contributed by atoms with Crippen molar-refractivity contribution in [1.29, 1.82) is 0 Å². The van der Waals surface area contributed by atoms with Crippen molar-refractivity contribution < 1.29 is 4.79 Å². The standard InChI is InChI=1S/C40H24N8O/c1-2-24-25(38(49)48-31-18-8-3-13-26(31)41-37(24)48)23-36(46-34-21-11-9-19-32(34)44-29-16-6-4-14-27(29)42-39(44)46)47-35-22-12-10-20-33(35)45-30-17-7-5-15-28(30)43-40(45)47/h2-23H,1H2. The molecule has 9 nitrogen and oxygen atoms in total. The van der Waals surface area contributed by atoms with Gasteiger partial charge < -0.3 is 0 Å². The largest absolute Gasteiger partial charge is 0.276 e. The molecule has 0 spiro atoms. The van der Waals surface area contributed by atoms with Gasteiger partial charge >= 0.3 is 0 Å². The molecule has 0 atom stereocenters. The van der Waals surface area contributed by atoms with Gasteiger partial charge in [-0.3, -0.25) is 27.3 Å². The lowest BCUT2D eigenvalue weighted by molar-refractivity contribution is 0.0969. The maximum atomic E-state index is 14.6. The number of benzene rings is 5. The van der Waals surface area contributed by atoms with E-state index >= 15 is 0 Å². The first kappa shape index (κ1) is 26.1. The van der Waals surface area contributed by atoms with E-state index in [1.54, 1.807) is 10.6 Å². The number of allylic oxidation sites excluding steroid dienone is 4. The van der Waals surface area contributed by atoms with Crippen LogP contribution in [0.4, 0.5) is 0 Å². The Labute approximate surface area is 277 Å². The van der Waals surface area contributed by atoms with Crippen LogP contribution in [-0.4, -0.2) is 43.4 Å². The molecule has 0 amide bonds. The van der Waals surface area contributed by atoms with E-state index in [1.807, 2.05) is 91.0 Å². The highest BCUT2D eigenvalue weighted by Gasteiger charge is 2.32. The molecule has 0 saturated carbocycles. The Kier molecular flexibility index (Phi) is 4.95. The van der Waals surface area contributed by atoms with Gasteiger partial charge in [0.15, 0.2) is 0 Å². The van der Waals surface area contributed by atoms with E-state index in [0.717, 1.165) is 66.7 Å². The van der Waals surface area contributed by atoms with Gasteiger partial charge in [-0.2, -0.15) is 0 Å². The lowest BCUT2D eigenvalue weighted by Crippen LogP contribution is -2.15. The van der Waals surface area contributed by atoms with Crippen LogP contribution in [0.25, 0.3) is 72.3 Å². The molecule has 0 N–H and O–H groups in total. The first-order valence-corrected chi connectivity index (χ1v) is 16.1. The van der Waals surface area contributed by atoms with Crippen molar-refractivity contribution in [1.82, 2.24) is 37.5 Å². The summed E-state index contributed by atoms with van der Waals surface area (Å²) in [5.74, 6) is 2.54. The van der Waals surface area contributed by atoms with Crippen molar-refractivity contribution in [2.24, 2.45) is 0 Å². The van der Waals surface area contributed by atoms with Gasteiger partial charge in [0.25, 0.3) is 5.91 Å². The van der Waals surface area contributed by atoms with Crippen LogP contribution in [0.2, 0.25) is 0 Å². The minimum atomic E-state index is -0.168. The van der Waals surface area contributed by atoms with E-state index in [-0.39, 0.29) is 5.91 Å². The molecule has 0 fully saturated rings. The number of fused-ring (bicyclic) bond motifs is 13. The molecule has 49 heavy (non-hydrogen) atoms. The van der Waals surface area contributed by atoms with Crippen LogP contribution in [0.1, 0.15) is 10.6 Å². The molecule has 230 valence electrons. The van der Waals surface area contributed by atoms with Crippen LogP contribution in [0.3, 0.4) is 0 Å². The van der Waals surface area contributed by atoms with E-state index in [9.17, 15) is 4.79 Å². The van der Waals surface area contributed by atoms with Crippen molar-refractivity contribution >= 4 is 78.2 Å². The molecule has 0 bridgehead atoms.